The van der Waals surface area contributed by atoms with Gasteiger partial charge in [0.1, 0.15) is 11.5 Å². The molecule has 0 saturated carbocycles. The molecule has 1 aromatic heterocycles. The Morgan fingerprint density at radius 1 is 1.15 bits per heavy atom. The average molecular weight is 364 g/mol. The van der Waals surface area contributed by atoms with E-state index in [0.717, 1.165) is 34.1 Å². The number of nitrogens with one attached hydrogen (secondary N) is 1. The van der Waals surface area contributed by atoms with Crippen LogP contribution in [0.4, 0.5) is 11.4 Å². The van der Waals surface area contributed by atoms with Gasteiger partial charge in [-0.2, -0.15) is 0 Å². The summed E-state index contributed by atoms with van der Waals surface area (Å²) in [5, 5.41) is 14.1. The number of phenols is 1. The fourth-order valence-corrected chi connectivity index (χ4v) is 3.27. The molecule has 0 spiro atoms. The van der Waals surface area contributed by atoms with Crippen LogP contribution in [0.2, 0.25) is 0 Å². The van der Waals surface area contributed by atoms with Gasteiger partial charge in [0.2, 0.25) is 0 Å². The first-order chi connectivity index (χ1) is 12.9. The van der Waals surface area contributed by atoms with Gasteiger partial charge in [-0.05, 0) is 61.7 Å². The minimum absolute atomic E-state index is 0.0475. The molecule has 0 atom stereocenters. The van der Waals surface area contributed by atoms with E-state index in [1.54, 1.807) is 25.4 Å². The maximum Gasteiger partial charge on any atom is 0.166 e. The Hall–Kier alpha value is -3.08. The topological polar surface area (TPSA) is 71.5 Å². The van der Waals surface area contributed by atoms with Gasteiger partial charge in [0.05, 0.1) is 23.9 Å². The lowest BCUT2D eigenvalue weighted by molar-refractivity contribution is 0.0982. The Bertz CT molecular complexity index is 989. The van der Waals surface area contributed by atoms with E-state index < -0.39 is 0 Å². The standard InChI is InChI=1S/C22H24N2O3/c1-5-6-20(26)18-12-23-19-8-7-16(27-4)11-17(19)22(18)24-21-13(2)9-15(25)10-14(21)3/h7-12,25H,5-6H2,1-4H3,(H,23,24). The van der Waals surface area contributed by atoms with Crippen LogP contribution in [0.25, 0.3) is 10.9 Å². The summed E-state index contributed by atoms with van der Waals surface area (Å²) >= 11 is 0. The van der Waals surface area contributed by atoms with Crippen LogP contribution in [-0.4, -0.2) is 23.0 Å². The largest absolute Gasteiger partial charge is 0.508 e. The molecular formula is C22H24N2O3. The maximum absolute atomic E-state index is 12.7. The number of fused-ring (bicyclic) bond motifs is 1. The number of anilines is 2. The Morgan fingerprint density at radius 3 is 2.48 bits per heavy atom. The fraction of sp³-hybridized carbons (Fsp3) is 0.273. The number of phenolic OH excluding ortho intramolecular Hbond substituents is 1. The van der Waals surface area contributed by atoms with Crippen molar-refractivity contribution in [3.63, 3.8) is 0 Å². The Labute approximate surface area is 159 Å². The molecule has 3 rings (SSSR count). The van der Waals surface area contributed by atoms with Crippen LogP contribution in [-0.2, 0) is 0 Å². The summed E-state index contributed by atoms with van der Waals surface area (Å²) in [7, 11) is 1.61. The molecule has 140 valence electrons. The number of methoxy groups -OCH3 is 1. The van der Waals surface area contributed by atoms with E-state index >= 15 is 0 Å². The highest BCUT2D eigenvalue weighted by molar-refractivity contribution is 6.09. The van der Waals surface area contributed by atoms with Gasteiger partial charge in [0.15, 0.2) is 5.78 Å². The van der Waals surface area contributed by atoms with Crippen LogP contribution in [0.3, 0.4) is 0 Å². The highest BCUT2D eigenvalue weighted by atomic mass is 16.5. The number of hydrogen-bond acceptors (Lipinski definition) is 5. The van der Waals surface area contributed by atoms with Crippen molar-refractivity contribution in [3.05, 3.63) is 53.2 Å². The van der Waals surface area contributed by atoms with E-state index in [1.165, 1.54) is 0 Å². The first-order valence-electron chi connectivity index (χ1n) is 9.01. The second kappa shape index (κ2) is 7.66. The molecule has 0 bridgehead atoms. The van der Waals surface area contributed by atoms with Crippen LogP contribution in [0, 0.1) is 13.8 Å². The molecule has 27 heavy (non-hydrogen) atoms. The molecule has 1 heterocycles. The summed E-state index contributed by atoms with van der Waals surface area (Å²) in [6, 6.07) is 9.02. The first-order valence-corrected chi connectivity index (χ1v) is 9.01. The van der Waals surface area contributed by atoms with Gasteiger partial charge in [-0.3, -0.25) is 9.78 Å². The number of aromatic hydroxyl groups is 1. The lowest BCUT2D eigenvalue weighted by Gasteiger charge is -2.18. The van der Waals surface area contributed by atoms with Gasteiger partial charge in [-0.1, -0.05) is 6.92 Å². The molecule has 0 saturated heterocycles. The second-order valence-electron chi connectivity index (χ2n) is 6.68. The van der Waals surface area contributed by atoms with E-state index in [0.29, 0.717) is 23.4 Å². The lowest BCUT2D eigenvalue weighted by atomic mass is 10.0. The number of ether oxygens (including phenoxy) is 1. The highest BCUT2D eigenvalue weighted by Crippen LogP contribution is 2.35. The molecule has 0 amide bonds. The van der Waals surface area contributed by atoms with Crippen molar-refractivity contribution in [2.75, 3.05) is 12.4 Å². The van der Waals surface area contributed by atoms with Crippen LogP contribution >= 0.6 is 0 Å². The lowest BCUT2D eigenvalue weighted by Crippen LogP contribution is -2.07. The third kappa shape index (κ3) is 3.72. The molecular weight excluding hydrogens is 340 g/mol. The number of pyridine rings is 1. The minimum Gasteiger partial charge on any atom is -0.508 e. The summed E-state index contributed by atoms with van der Waals surface area (Å²) in [5.74, 6) is 0.969. The van der Waals surface area contributed by atoms with Crippen molar-refractivity contribution in [2.45, 2.75) is 33.6 Å². The summed E-state index contributed by atoms with van der Waals surface area (Å²) in [5.41, 5.74) is 4.72. The number of Topliss-reactive ketones (excluding diaryl/α,β-unsaturated/α-hetero) is 1. The molecule has 2 aromatic carbocycles. The summed E-state index contributed by atoms with van der Waals surface area (Å²) in [6.45, 7) is 5.83. The number of carbonyl (C=O) groups is 1. The van der Waals surface area contributed by atoms with Crippen molar-refractivity contribution in [1.29, 1.82) is 0 Å². The van der Waals surface area contributed by atoms with Crippen molar-refractivity contribution in [3.8, 4) is 11.5 Å². The number of benzene rings is 2. The molecule has 5 nitrogen and oxygen atoms in total. The van der Waals surface area contributed by atoms with Gasteiger partial charge < -0.3 is 15.2 Å². The smallest absolute Gasteiger partial charge is 0.166 e. The number of aromatic nitrogens is 1. The number of hydrogen-bond donors (Lipinski definition) is 2. The van der Waals surface area contributed by atoms with Crippen LogP contribution in [0.5, 0.6) is 11.5 Å². The molecule has 5 heteroatoms. The van der Waals surface area contributed by atoms with E-state index in [9.17, 15) is 9.90 Å². The molecule has 0 radical (unpaired) electrons. The zero-order valence-electron chi connectivity index (χ0n) is 16.1. The highest BCUT2D eigenvalue weighted by Gasteiger charge is 2.17. The monoisotopic (exact) mass is 364 g/mol. The van der Waals surface area contributed by atoms with Crippen molar-refractivity contribution >= 4 is 28.1 Å². The Morgan fingerprint density at radius 2 is 1.85 bits per heavy atom. The van der Waals surface area contributed by atoms with Crippen molar-refractivity contribution in [2.24, 2.45) is 0 Å². The molecule has 0 aliphatic rings. The fourth-order valence-electron chi connectivity index (χ4n) is 3.27. The van der Waals surface area contributed by atoms with Gasteiger partial charge in [0.25, 0.3) is 0 Å². The second-order valence-corrected chi connectivity index (χ2v) is 6.68. The third-order valence-corrected chi connectivity index (χ3v) is 4.62. The Kier molecular flexibility index (Phi) is 5.31. The third-order valence-electron chi connectivity index (χ3n) is 4.62. The van der Waals surface area contributed by atoms with E-state index in [4.69, 9.17) is 4.74 Å². The van der Waals surface area contributed by atoms with Gasteiger partial charge in [-0.25, -0.2) is 0 Å². The quantitative estimate of drug-likeness (QED) is 0.459. The molecule has 2 N–H and O–H groups in total. The molecule has 0 fully saturated rings. The van der Waals surface area contributed by atoms with Gasteiger partial charge in [-0.15, -0.1) is 0 Å². The zero-order valence-corrected chi connectivity index (χ0v) is 16.1. The summed E-state index contributed by atoms with van der Waals surface area (Å²) in [6.07, 6.45) is 2.87. The van der Waals surface area contributed by atoms with Crippen LogP contribution in [0.1, 0.15) is 41.3 Å². The summed E-state index contributed by atoms with van der Waals surface area (Å²) in [4.78, 5) is 17.2. The first kappa shape index (κ1) is 18.7. The number of ketones is 1. The van der Waals surface area contributed by atoms with Crippen molar-refractivity contribution in [1.82, 2.24) is 4.98 Å². The minimum atomic E-state index is 0.0475. The summed E-state index contributed by atoms with van der Waals surface area (Å²) < 4.78 is 5.36. The normalized spacial score (nSPS) is 10.8. The predicted molar refractivity (Wildman–Crippen MR) is 108 cm³/mol. The Balaban J connectivity index is 2.24. The number of nitrogens with zero attached hydrogens (tertiary/aromatic N) is 1. The van der Waals surface area contributed by atoms with Crippen molar-refractivity contribution < 1.29 is 14.6 Å². The molecule has 0 aliphatic carbocycles. The van der Waals surface area contributed by atoms with Crippen LogP contribution in [0.15, 0.2) is 36.5 Å². The van der Waals surface area contributed by atoms with E-state index in [1.807, 2.05) is 39.0 Å². The maximum atomic E-state index is 12.7. The van der Waals surface area contributed by atoms with E-state index in [-0.39, 0.29) is 11.5 Å². The van der Waals surface area contributed by atoms with E-state index in [2.05, 4.69) is 10.3 Å². The molecule has 3 aromatic rings. The van der Waals surface area contributed by atoms with Gasteiger partial charge in [0, 0.05) is 23.7 Å². The molecule has 0 unspecified atom stereocenters. The number of rotatable bonds is 6. The molecule has 0 aliphatic heterocycles. The van der Waals surface area contributed by atoms with Gasteiger partial charge >= 0.3 is 0 Å². The van der Waals surface area contributed by atoms with Crippen LogP contribution < -0.4 is 10.1 Å². The number of carbonyl (C=O) groups excluding carboxylic acids is 1. The average Bonchev–Trinajstić information content (AvgIpc) is 2.64. The number of aryl methyl sites for hydroxylation is 2. The predicted octanol–water partition coefficient (Wildman–Crippen LogP) is 5.29. The zero-order chi connectivity index (χ0) is 19.6. The SMILES string of the molecule is CCCC(=O)c1cnc2ccc(OC)cc2c1Nc1c(C)cc(O)cc1C.